The van der Waals surface area contributed by atoms with Crippen LogP contribution in [0.15, 0.2) is 30.5 Å². The van der Waals surface area contributed by atoms with Crippen LogP contribution >= 0.6 is 11.6 Å². The number of benzene rings is 1. The predicted molar refractivity (Wildman–Crippen MR) is 100 cm³/mol. The highest BCUT2D eigenvalue weighted by molar-refractivity contribution is 6.30. The summed E-state index contributed by atoms with van der Waals surface area (Å²) in [5, 5.41) is 5.45. The van der Waals surface area contributed by atoms with Crippen molar-refractivity contribution in [1.82, 2.24) is 19.6 Å². The van der Waals surface area contributed by atoms with Gasteiger partial charge < -0.3 is 4.90 Å². The van der Waals surface area contributed by atoms with Gasteiger partial charge in [0.05, 0.1) is 5.69 Å². The van der Waals surface area contributed by atoms with E-state index in [1.54, 1.807) is 0 Å². The quantitative estimate of drug-likeness (QED) is 0.846. The lowest BCUT2D eigenvalue weighted by Gasteiger charge is -2.42. The first-order chi connectivity index (χ1) is 11.4. The van der Waals surface area contributed by atoms with Gasteiger partial charge in [0.2, 0.25) is 0 Å². The molecule has 5 heteroatoms. The molecule has 2 aromatic rings. The minimum absolute atomic E-state index is 0.580. The van der Waals surface area contributed by atoms with Crippen LogP contribution in [0.1, 0.15) is 19.4 Å². The van der Waals surface area contributed by atoms with Crippen molar-refractivity contribution in [3.63, 3.8) is 0 Å². The molecule has 0 unspecified atom stereocenters. The van der Waals surface area contributed by atoms with Gasteiger partial charge in [-0.1, -0.05) is 37.6 Å². The number of hydrogen-bond acceptors (Lipinski definition) is 3. The van der Waals surface area contributed by atoms with Crippen molar-refractivity contribution >= 4 is 11.6 Å². The van der Waals surface area contributed by atoms with Gasteiger partial charge in [-0.25, -0.2) is 0 Å². The molecule has 0 bridgehead atoms. The zero-order valence-electron chi connectivity index (χ0n) is 15.0. The Morgan fingerprint density at radius 3 is 2.75 bits per heavy atom. The lowest BCUT2D eigenvalue weighted by Crippen LogP contribution is -2.53. The molecule has 1 aromatic carbocycles. The molecule has 1 saturated heterocycles. The number of hydrogen-bond donors (Lipinski definition) is 0. The van der Waals surface area contributed by atoms with Crippen LogP contribution in [-0.4, -0.2) is 52.3 Å². The molecule has 1 fully saturated rings. The van der Waals surface area contributed by atoms with E-state index in [-0.39, 0.29) is 0 Å². The summed E-state index contributed by atoms with van der Waals surface area (Å²) in [6, 6.07) is 8.56. The van der Waals surface area contributed by atoms with Gasteiger partial charge in [0.15, 0.2) is 0 Å². The average Bonchev–Trinajstić information content (AvgIpc) is 2.89. The van der Waals surface area contributed by atoms with E-state index < -0.39 is 0 Å². The van der Waals surface area contributed by atoms with Crippen molar-refractivity contribution in [3.8, 4) is 11.3 Å². The Bertz CT molecular complexity index is 694. The van der Waals surface area contributed by atoms with Gasteiger partial charge >= 0.3 is 0 Å². The summed E-state index contributed by atoms with van der Waals surface area (Å²) in [5.41, 5.74) is 3.41. The van der Waals surface area contributed by atoms with Crippen LogP contribution in [-0.2, 0) is 13.6 Å². The van der Waals surface area contributed by atoms with Crippen molar-refractivity contribution < 1.29 is 0 Å². The van der Waals surface area contributed by atoms with Gasteiger partial charge in [-0.3, -0.25) is 9.58 Å². The molecule has 1 aromatic heterocycles. The van der Waals surface area contributed by atoms with Crippen LogP contribution < -0.4 is 0 Å². The minimum atomic E-state index is 0.580. The van der Waals surface area contributed by atoms with Crippen LogP contribution in [0.5, 0.6) is 0 Å². The molecule has 2 heterocycles. The summed E-state index contributed by atoms with van der Waals surface area (Å²) in [6.07, 6.45) is 2.14. The highest BCUT2D eigenvalue weighted by atomic mass is 35.5. The Kier molecular flexibility index (Phi) is 5.28. The molecule has 24 heavy (non-hydrogen) atoms. The largest absolute Gasteiger partial charge is 0.304 e. The van der Waals surface area contributed by atoms with Crippen LogP contribution in [0.3, 0.4) is 0 Å². The van der Waals surface area contributed by atoms with E-state index >= 15 is 0 Å². The van der Waals surface area contributed by atoms with Gasteiger partial charge in [-0.2, -0.15) is 5.10 Å². The van der Waals surface area contributed by atoms with E-state index in [1.807, 2.05) is 29.9 Å². The Morgan fingerprint density at radius 1 is 1.25 bits per heavy atom. The smallest absolute Gasteiger partial charge is 0.0968 e. The van der Waals surface area contributed by atoms with Crippen LogP contribution in [0, 0.1) is 5.92 Å². The second-order valence-corrected chi connectivity index (χ2v) is 7.67. The molecule has 130 valence electrons. The Labute approximate surface area is 150 Å². The fourth-order valence-electron chi connectivity index (χ4n) is 3.57. The highest BCUT2D eigenvalue weighted by Crippen LogP contribution is 2.27. The highest BCUT2D eigenvalue weighted by Gasteiger charge is 2.28. The number of likely N-dealkylation sites (N-methyl/N-ethyl adjacent to an activating group) is 1. The second kappa shape index (κ2) is 7.26. The number of nitrogens with zero attached hydrogens (tertiary/aromatic N) is 4. The summed E-state index contributed by atoms with van der Waals surface area (Å²) in [6.45, 7) is 8.92. The summed E-state index contributed by atoms with van der Waals surface area (Å²) >= 11 is 6.18. The third-order valence-electron chi connectivity index (χ3n) is 4.88. The Hall–Kier alpha value is -1.36. The summed E-state index contributed by atoms with van der Waals surface area (Å²) in [7, 11) is 4.20. The molecular formula is C19H27ClN4. The van der Waals surface area contributed by atoms with Crippen molar-refractivity contribution in [2.75, 3.05) is 26.7 Å². The maximum atomic E-state index is 6.18. The van der Waals surface area contributed by atoms with Crippen molar-refractivity contribution in [1.29, 1.82) is 0 Å². The topological polar surface area (TPSA) is 24.3 Å². The maximum absolute atomic E-state index is 6.18. The standard InChI is InChI=1S/C19H27ClN4/c1-14(2)18-13-22(3)8-9-24(18)12-16-11-23(4)21-19(16)15-6-5-7-17(20)10-15/h5-7,10-11,14,18H,8-9,12-13H2,1-4H3/t18-/m1/s1. The molecule has 0 saturated carbocycles. The minimum Gasteiger partial charge on any atom is -0.304 e. The molecule has 0 aliphatic carbocycles. The van der Waals surface area contributed by atoms with E-state index in [1.165, 1.54) is 5.56 Å². The van der Waals surface area contributed by atoms with Gasteiger partial charge in [-0.05, 0) is 25.1 Å². The van der Waals surface area contributed by atoms with Gasteiger partial charge in [-0.15, -0.1) is 0 Å². The van der Waals surface area contributed by atoms with Gasteiger partial charge in [0.25, 0.3) is 0 Å². The molecular weight excluding hydrogens is 320 g/mol. The van der Waals surface area contributed by atoms with Crippen molar-refractivity contribution in [2.24, 2.45) is 13.0 Å². The zero-order valence-corrected chi connectivity index (χ0v) is 15.8. The number of halogens is 1. The lowest BCUT2D eigenvalue weighted by atomic mass is 9.98. The summed E-state index contributed by atoms with van der Waals surface area (Å²) in [4.78, 5) is 5.04. The fraction of sp³-hybridized carbons (Fsp3) is 0.526. The molecule has 0 amide bonds. The zero-order chi connectivity index (χ0) is 17.3. The van der Waals surface area contributed by atoms with Crippen LogP contribution in [0.2, 0.25) is 5.02 Å². The first-order valence-electron chi connectivity index (χ1n) is 8.65. The number of piperazine rings is 1. The number of aromatic nitrogens is 2. The van der Waals surface area contributed by atoms with Crippen molar-refractivity contribution in [2.45, 2.75) is 26.4 Å². The molecule has 0 radical (unpaired) electrons. The second-order valence-electron chi connectivity index (χ2n) is 7.23. The van der Waals surface area contributed by atoms with Gasteiger partial charge in [0.1, 0.15) is 0 Å². The first-order valence-corrected chi connectivity index (χ1v) is 9.03. The Balaban J connectivity index is 1.87. The van der Waals surface area contributed by atoms with E-state index in [4.69, 9.17) is 16.7 Å². The molecule has 4 nitrogen and oxygen atoms in total. The molecule has 0 N–H and O–H groups in total. The third-order valence-corrected chi connectivity index (χ3v) is 5.12. The molecule has 1 aliphatic heterocycles. The molecule has 3 rings (SSSR count). The van der Waals surface area contributed by atoms with Crippen LogP contribution in [0.4, 0.5) is 0 Å². The molecule has 1 aliphatic rings. The van der Waals surface area contributed by atoms with E-state index in [0.29, 0.717) is 12.0 Å². The molecule has 0 spiro atoms. The van der Waals surface area contributed by atoms with Crippen molar-refractivity contribution in [3.05, 3.63) is 41.0 Å². The lowest BCUT2D eigenvalue weighted by molar-refractivity contribution is 0.0572. The fourth-order valence-corrected chi connectivity index (χ4v) is 3.76. The number of rotatable bonds is 4. The van der Waals surface area contributed by atoms with Gasteiger partial charge in [0, 0.05) is 61.6 Å². The summed E-state index contributed by atoms with van der Waals surface area (Å²) < 4.78 is 1.91. The maximum Gasteiger partial charge on any atom is 0.0968 e. The SMILES string of the molecule is CC(C)[C@H]1CN(C)CCN1Cc1cn(C)nc1-c1cccc(Cl)c1. The molecule has 1 atom stereocenters. The number of aryl methyl sites for hydroxylation is 1. The first kappa shape index (κ1) is 17.5. The average molecular weight is 347 g/mol. The Morgan fingerprint density at radius 2 is 2.04 bits per heavy atom. The monoisotopic (exact) mass is 346 g/mol. The van der Waals surface area contributed by atoms with E-state index in [0.717, 1.165) is 42.5 Å². The predicted octanol–water partition coefficient (Wildman–Crippen LogP) is 3.51. The van der Waals surface area contributed by atoms with E-state index in [2.05, 4.69) is 43.0 Å². The van der Waals surface area contributed by atoms with E-state index in [9.17, 15) is 0 Å². The third kappa shape index (κ3) is 3.82. The van der Waals surface area contributed by atoms with Crippen LogP contribution in [0.25, 0.3) is 11.3 Å². The normalized spacial score (nSPS) is 20.0. The summed E-state index contributed by atoms with van der Waals surface area (Å²) in [5.74, 6) is 0.638.